The summed E-state index contributed by atoms with van der Waals surface area (Å²) in [5.74, 6) is 0.188. The highest BCUT2D eigenvalue weighted by Crippen LogP contribution is 2.62. The van der Waals surface area contributed by atoms with E-state index in [9.17, 15) is 9.59 Å². The first-order valence-electron chi connectivity index (χ1n) is 12.2. The fourth-order valence-corrected chi connectivity index (χ4v) is 5.82. The second-order valence-electron chi connectivity index (χ2n) is 9.38. The van der Waals surface area contributed by atoms with Crippen LogP contribution in [-0.4, -0.2) is 37.0 Å². The summed E-state index contributed by atoms with van der Waals surface area (Å²) in [6.45, 7) is 5.86. The van der Waals surface area contributed by atoms with Crippen molar-refractivity contribution >= 4 is 11.6 Å². The molecule has 0 aromatic heterocycles. The normalized spacial score (nSPS) is 30.3. The largest absolute Gasteiger partial charge is 0.299 e. The van der Waals surface area contributed by atoms with Crippen molar-refractivity contribution in [2.45, 2.75) is 103 Å². The lowest BCUT2D eigenvalue weighted by atomic mass is 9.51. The number of Topliss-reactive ketones (excluding diaryl/α,β-unsaturated/α-hetero) is 2. The maximum atomic E-state index is 12.8. The van der Waals surface area contributed by atoms with Gasteiger partial charge in [0.05, 0.1) is 25.2 Å². The molecule has 3 atom stereocenters. The van der Waals surface area contributed by atoms with Crippen LogP contribution in [0.15, 0.2) is 0 Å². The van der Waals surface area contributed by atoms with E-state index in [1.54, 1.807) is 0 Å². The van der Waals surface area contributed by atoms with E-state index in [0.717, 1.165) is 64.2 Å². The average molecular weight is 425 g/mol. The molecule has 0 bridgehead atoms. The monoisotopic (exact) mass is 424 g/mol. The van der Waals surface area contributed by atoms with E-state index in [2.05, 4.69) is 13.8 Å². The summed E-state index contributed by atoms with van der Waals surface area (Å²) in [6.07, 6.45) is 11.4. The molecule has 6 nitrogen and oxygen atoms in total. The van der Waals surface area contributed by atoms with Gasteiger partial charge in [0.2, 0.25) is 0 Å². The topological polar surface area (TPSA) is 71.1 Å². The molecule has 0 radical (unpaired) electrons. The minimum Gasteiger partial charge on any atom is -0.299 e. The van der Waals surface area contributed by atoms with Gasteiger partial charge in [-0.15, -0.1) is 0 Å². The van der Waals surface area contributed by atoms with Crippen molar-refractivity contribution in [2.75, 3.05) is 19.8 Å². The number of ketones is 2. The Morgan fingerprint density at radius 1 is 0.833 bits per heavy atom. The van der Waals surface area contributed by atoms with Crippen molar-refractivity contribution in [3.63, 3.8) is 0 Å². The van der Waals surface area contributed by atoms with Gasteiger partial charge < -0.3 is 0 Å². The van der Waals surface area contributed by atoms with Crippen LogP contribution >= 0.6 is 0 Å². The lowest BCUT2D eigenvalue weighted by molar-refractivity contribution is -0.402. The fourth-order valence-electron chi connectivity index (χ4n) is 5.82. The molecule has 0 heterocycles. The second kappa shape index (κ2) is 11.2. The third kappa shape index (κ3) is 4.67. The molecule has 3 unspecified atom stereocenters. The van der Waals surface area contributed by atoms with Gasteiger partial charge in [-0.2, -0.15) is 0 Å². The van der Waals surface area contributed by atoms with E-state index in [4.69, 9.17) is 19.6 Å². The Kier molecular flexibility index (Phi) is 8.87. The third-order valence-corrected chi connectivity index (χ3v) is 7.63. The molecule has 0 aromatic carbocycles. The summed E-state index contributed by atoms with van der Waals surface area (Å²) < 4.78 is 0. The first kappa shape index (κ1) is 23.8. The Hall–Kier alpha value is -0.820. The van der Waals surface area contributed by atoms with Crippen molar-refractivity contribution in [1.29, 1.82) is 0 Å². The van der Waals surface area contributed by atoms with Crippen molar-refractivity contribution in [3.05, 3.63) is 0 Å². The Bertz CT molecular complexity index is 560. The highest BCUT2D eigenvalue weighted by Gasteiger charge is 2.69. The second-order valence-corrected chi connectivity index (χ2v) is 9.38. The Labute approximate surface area is 181 Å². The molecule has 3 fully saturated rings. The predicted octanol–water partition coefficient (Wildman–Crippen LogP) is 5.13. The summed E-state index contributed by atoms with van der Waals surface area (Å²) in [7, 11) is 0. The lowest BCUT2D eigenvalue weighted by Crippen LogP contribution is -2.61. The maximum absolute atomic E-state index is 12.8. The van der Waals surface area contributed by atoms with Gasteiger partial charge in [-0.3, -0.25) is 9.59 Å². The SMILES string of the molecule is CCCCCOOCC1CCCC1(OOCCCCC)C1CCC12C(=O)CCC2=O. The number of hydrogen-bond donors (Lipinski definition) is 0. The Balaban J connectivity index is 1.68. The van der Waals surface area contributed by atoms with Crippen LogP contribution in [0.5, 0.6) is 0 Å². The predicted molar refractivity (Wildman–Crippen MR) is 112 cm³/mol. The molecular weight excluding hydrogens is 384 g/mol. The summed E-state index contributed by atoms with van der Waals surface area (Å²) in [6, 6.07) is 0. The standard InChI is InChI=1S/C24H40O6/c1-3-5-7-16-27-29-18-19-10-9-14-24(19,30-28-17-8-6-4-2)20-13-15-23(20)21(25)11-12-22(23)26/h19-20H,3-18H2,1-2H3. The minimum absolute atomic E-state index is 0.0678. The van der Waals surface area contributed by atoms with Crippen LogP contribution in [0.4, 0.5) is 0 Å². The van der Waals surface area contributed by atoms with Crippen LogP contribution in [0, 0.1) is 17.3 Å². The van der Waals surface area contributed by atoms with Gasteiger partial charge in [0.1, 0.15) is 17.2 Å². The van der Waals surface area contributed by atoms with Gasteiger partial charge >= 0.3 is 0 Å². The molecule has 3 aliphatic carbocycles. The average Bonchev–Trinajstić information content (AvgIpc) is 3.25. The first-order chi connectivity index (χ1) is 14.6. The van der Waals surface area contributed by atoms with Gasteiger partial charge in [0, 0.05) is 24.7 Å². The summed E-state index contributed by atoms with van der Waals surface area (Å²) >= 11 is 0. The number of carbonyl (C=O) groups is 2. The molecule has 1 spiro atoms. The summed E-state index contributed by atoms with van der Waals surface area (Å²) in [5, 5.41) is 0. The number of hydrogen-bond acceptors (Lipinski definition) is 6. The van der Waals surface area contributed by atoms with Crippen LogP contribution in [0.3, 0.4) is 0 Å². The molecule has 30 heavy (non-hydrogen) atoms. The quantitative estimate of drug-likeness (QED) is 0.167. The van der Waals surface area contributed by atoms with Crippen molar-refractivity contribution in [1.82, 2.24) is 0 Å². The number of rotatable bonds is 14. The molecule has 0 N–H and O–H groups in total. The van der Waals surface area contributed by atoms with E-state index < -0.39 is 11.0 Å². The molecule has 3 rings (SSSR count). The van der Waals surface area contributed by atoms with Crippen molar-refractivity contribution in [3.8, 4) is 0 Å². The van der Waals surface area contributed by atoms with Crippen molar-refractivity contribution < 1.29 is 29.1 Å². The van der Waals surface area contributed by atoms with Gasteiger partial charge in [-0.05, 0) is 44.9 Å². The molecular formula is C24H40O6. The first-order valence-corrected chi connectivity index (χ1v) is 12.2. The van der Waals surface area contributed by atoms with E-state index in [-0.39, 0.29) is 23.4 Å². The molecule has 3 aliphatic rings. The molecule has 0 aliphatic heterocycles. The van der Waals surface area contributed by atoms with Gasteiger partial charge in [0.25, 0.3) is 0 Å². The van der Waals surface area contributed by atoms with E-state index >= 15 is 0 Å². The van der Waals surface area contributed by atoms with Crippen LogP contribution in [0.1, 0.15) is 97.3 Å². The Morgan fingerprint density at radius 2 is 1.50 bits per heavy atom. The molecule has 172 valence electrons. The van der Waals surface area contributed by atoms with Crippen LogP contribution in [-0.2, 0) is 29.1 Å². The summed E-state index contributed by atoms with van der Waals surface area (Å²) in [5.41, 5.74) is -1.47. The Morgan fingerprint density at radius 3 is 2.10 bits per heavy atom. The molecule has 0 amide bonds. The maximum Gasteiger partial charge on any atom is 0.147 e. The van der Waals surface area contributed by atoms with Gasteiger partial charge in [-0.25, -0.2) is 19.6 Å². The van der Waals surface area contributed by atoms with Crippen molar-refractivity contribution in [2.24, 2.45) is 17.3 Å². The molecule has 0 aromatic rings. The van der Waals surface area contributed by atoms with Gasteiger partial charge in [0.15, 0.2) is 0 Å². The van der Waals surface area contributed by atoms with Gasteiger partial charge in [-0.1, -0.05) is 39.5 Å². The smallest absolute Gasteiger partial charge is 0.147 e. The zero-order valence-electron chi connectivity index (χ0n) is 18.9. The molecule has 0 saturated heterocycles. The molecule has 3 saturated carbocycles. The zero-order chi connectivity index (χ0) is 21.5. The van der Waals surface area contributed by atoms with Crippen LogP contribution < -0.4 is 0 Å². The third-order valence-electron chi connectivity index (χ3n) is 7.63. The lowest BCUT2D eigenvalue weighted by Gasteiger charge is -2.54. The minimum atomic E-state index is -0.836. The highest BCUT2D eigenvalue weighted by molar-refractivity contribution is 6.14. The van der Waals surface area contributed by atoms with Crippen LogP contribution in [0.25, 0.3) is 0 Å². The number of carbonyl (C=O) groups excluding carboxylic acids is 2. The van der Waals surface area contributed by atoms with Crippen LogP contribution in [0.2, 0.25) is 0 Å². The highest BCUT2D eigenvalue weighted by atomic mass is 17.2. The number of unbranched alkanes of at least 4 members (excludes halogenated alkanes) is 4. The molecule has 6 heteroatoms. The van der Waals surface area contributed by atoms with E-state index in [1.165, 1.54) is 0 Å². The summed E-state index contributed by atoms with van der Waals surface area (Å²) in [4.78, 5) is 48.5. The zero-order valence-corrected chi connectivity index (χ0v) is 18.9. The fraction of sp³-hybridized carbons (Fsp3) is 0.917. The van der Waals surface area contributed by atoms with E-state index in [1.807, 2.05) is 0 Å². The van der Waals surface area contributed by atoms with E-state index in [0.29, 0.717) is 39.1 Å².